The molecule has 4 rings (SSSR count). The Morgan fingerprint density at radius 3 is 2.22 bits per heavy atom. The highest BCUT2D eigenvalue weighted by atomic mass is 35.5. The number of nitrogens with one attached hydrogen (secondary N) is 1. The van der Waals surface area contributed by atoms with Gasteiger partial charge >= 0.3 is 5.97 Å². The van der Waals surface area contributed by atoms with E-state index in [9.17, 15) is 14.7 Å². The van der Waals surface area contributed by atoms with Crippen LogP contribution in [0.15, 0.2) is 54.6 Å². The molecule has 3 aromatic carbocycles. The molecule has 1 aliphatic carbocycles. The molecule has 3 aromatic rings. The summed E-state index contributed by atoms with van der Waals surface area (Å²) in [5, 5.41) is 14.0. The fourth-order valence-electron chi connectivity index (χ4n) is 4.94. The minimum Gasteiger partial charge on any atom is -0.479 e. The lowest BCUT2D eigenvalue weighted by molar-refractivity contribution is -0.143. The van der Waals surface area contributed by atoms with Gasteiger partial charge in [0.1, 0.15) is 5.54 Å². The molecular formula is C30H33ClN2O3. The van der Waals surface area contributed by atoms with E-state index in [2.05, 4.69) is 42.6 Å². The van der Waals surface area contributed by atoms with Crippen LogP contribution >= 0.6 is 11.6 Å². The van der Waals surface area contributed by atoms with E-state index >= 15 is 0 Å². The van der Waals surface area contributed by atoms with E-state index in [0.29, 0.717) is 18.4 Å². The molecule has 188 valence electrons. The highest BCUT2D eigenvalue weighted by molar-refractivity contribution is 6.31. The maximum absolute atomic E-state index is 13.3. The maximum atomic E-state index is 13.3. The largest absolute Gasteiger partial charge is 0.479 e. The van der Waals surface area contributed by atoms with Crippen molar-refractivity contribution in [1.29, 1.82) is 0 Å². The number of likely N-dealkylation sites (N-methyl/N-ethyl adjacent to an activating group) is 1. The summed E-state index contributed by atoms with van der Waals surface area (Å²) in [6.07, 6.45) is 1.91. The van der Waals surface area contributed by atoms with Crippen molar-refractivity contribution in [2.24, 2.45) is 0 Å². The lowest BCUT2D eigenvalue weighted by atomic mass is 9.94. The zero-order valence-corrected chi connectivity index (χ0v) is 22.2. The standard InChI is InChI=1S/C30H33ClN2O3/c1-6-26(22-10-11-25(31)18(2)14-22)32-24-9-7-8-21(17-24)23-15-19(3)27(20(4)16-23)28(34)33(5)30(12-13-30)29(35)36/h7-11,14-17,26,32H,6,12-13H2,1-5H3,(H,35,36)/t26-/m1/s1. The fourth-order valence-corrected chi connectivity index (χ4v) is 5.05. The van der Waals surface area contributed by atoms with E-state index in [1.807, 2.05) is 45.0 Å². The van der Waals surface area contributed by atoms with Crippen LogP contribution in [0.4, 0.5) is 5.69 Å². The molecule has 0 bridgehead atoms. The van der Waals surface area contributed by atoms with Crippen molar-refractivity contribution in [3.8, 4) is 11.1 Å². The van der Waals surface area contributed by atoms with Gasteiger partial charge in [-0.1, -0.05) is 54.9 Å². The second kappa shape index (κ2) is 9.98. The highest BCUT2D eigenvalue weighted by Crippen LogP contribution is 2.42. The molecule has 1 aliphatic rings. The molecule has 5 nitrogen and oxygen atoms in total. The van der Waals surface area contributed by atoms with Crippen molar-refractivity contribution < 1.29 is 14.7 Å². The highest BCUT2D eigenvalue weighted by Gasteiger charge is 2.55. The summed E-state index contributed by atoms with van der Waals surface area (Å²) < 4.78 is 0. The zero-order chi connectivity index (χ0) is 26.2. The molecule has 0 radical (unpaired) electrons. The van der Waals surface area contributed by atoms with E-state index in [1.54, 1.807) is 7.05 Å². The Balaban J connectivity index is 1.60. The minimum atomic E-state index is -1.06. The first kappa shape index (κ1) is 25.8. The third-order valence-corrected chi connectivity index (χ3v) is 7.77. The number of benzene rings is 3. The van der Waals surface area contributed by atoms with Gasteiger partial charge in [0.25, 0.3) is 5.91 Å². The number of carboxylic acid groups (broad SMARTS) is 1. The van der Waals surface area contributed by atoms with Crippen LogP contribution in [0.3, 0.4) is 0 Å². The van der Waals surface area contributed by atoms with E-state index in [0.717, 1.165) is 44.9 Å². The van der Waals surface area contributed by atoms with Crippen LogP contribution < -0.4 is 5.32 Å². The van der Waals surface area contributed by atoms with Crippen LogP contribution in [-0.4, -0.2) is 34.5 Å². The molecule has 0 unspecified atom stereocenters. The van der Waals surface area contributed by atoms with Gasteiger partial charge in [0, 0.05) is 23.3 Å². The molecule has 0 aromatic heterocycles. The topological polar surface area (TPSA) is 69.6 Å². The van der Waals surface area contributed by atoms with Crippen molar-refractivity contribution in [3.63, 3.8) is 0 Å². The molecule has 1 fully saturated rings. The van der Waals surface area contributed by atoms with Gasteiger partial charge in [-0.15, -0.1) is 0 Å². The summed E-state index contributed by atoms with van der Waals surface area (Å²) in [4.78, 5) is 26.4. The Hall–Kier alpha value is -3.31. The summed E-state index contributed by atoms with van der Waals surface area (Å²) in [5.41, 5.74) is 6.52. The van der Waals surface area contributed by atoms with Gasteiger partial charge < -0.3 is 15.3 Å². The summed E-state index contributed by atoms with van der Waals surface area (Å²) in [5.74, 6) is -1.18. The zero-order valence-electron chi connectivity index (χ0n) is 21.5. The van der Waals surface area contributed by atoms with Crippen molar-refractivity contribution in [1.82, 2.24) is 4.90 Å². The van der Waals surface area contributed by atoms with Gasteiger partial charge in [0.2, 0.25) is 0 Å². The fraction of sp³-hybridized carbons (Fsp3) is 0.333. The number of carbonyl (C=O) groups excluding carboxylic acids is 1. The molecule has 1 saturated carbocycles. The number of carbonyl (C=O) groups is 2. The third kappa shape index (κ3) is 4.85. The molecule has 0 spiro atoms. The lowest BCUT2D eigenvalue weighted by Gasteiger charge is -2.26. The number of nitrogens with zero attached hydrogens (tertiary/aromatic N) is 1. The quantitative estimate of drug-likeness (QED) is 0.340. The minimum absolute atomic E-state index is 0.152. The number of rotatable bonds is 8. The van der Waals surface area contributed by atoms with Gasteiger partial charge in [-0.25, -0.2) is 4.79 Å². The van der Waals surface area contributed by atoms with Crippen LogP contribution in [-0.2, 0) is 4.79 Å². The summed E-state index contributed by atoms with van der Waals surface area (Å²) >= 11 is 6.22. The van der Waals surface area contributed by atoms with Gasteiger partial charge in [-0.3, -0.25) is 4.79 Å². The molecular weight excluding hydrogens is 472 g/mol. The number of hydrogen-bond acceptors (Lipinski definition) is 3. The molecule has 2 N–H and O–H groups in total. The normalized spacial score (nSPS) is 14.7. The number of anilines is 1. The summed E-state index contributed by atoms with van der Waals surface area (Å²) in [6.45, 7) is 8.00. The van der Waals surface area contributed by atoms with E-state index in [-0.39, 0.29) is 11.9 Å². The Morgan fingerprint density at radius 1 is 1.00 bits per heavy atom. The molecule has 6 heteroatoms. The average molecular weight is 505 g/mol. The average Bonchev–Trinajstić information content (AvgIpc) is 3.66. The Kier molecular flexibility index (Phi) is 7.14. The van der Waals surface area contributed by atoms with Gasteiger partial charge in [0.05, 0.1) is 6.04 Å². The van der Waals surface area contributed by atoms with Crippen LogP contribution in [0.2, 0.25) is 5.02 Å². The molecule has 0 saturated heterocycles. The SMILES string of the molecule is CC[C@@H](Nc1cccc(-c2cc(C)c(C(=O)N(C)C3(C(=O)O)CC3)c(C)c2)c1)c1ccc(Cl)c(C)c1. The first-order valence-corrected chi connectivity index (χ1v) is 12.7. The summed E-state index contributed by atoms with van der Waals surface area (Å²) in [7, 11) is 1.59. The Bertz CT molecular complexity index is 1310. The van der Waals surface area contributed by atoms with Crippen molar-refractivity contribution in [3.05, 3.63) is 87.4 Å². The van der Waals surface area contributed by atoms with Crippen molar-refractivity contribution >= 4 is 29.2 Å². The van der Waals surface area contributed by atoms with E-state index in [4.69, 9.17) is 11.6 Å². The first-order chi connectivity index (χ1) is 17.1. The van der Waals surface area contributed by atoms with Crippen LogP contribution in [0.1, 0.15) is 64.8 Å². The predicted molar refractivity (Wildman–Crippen MR) is 146 cm³/mol. The maximum Gasteiger partial charge on any atom is 0.329 e. The molecule has 1 atom stereocenters. The Morgan fingerprint density at radius 2 is 1.67 bits per heavy atom. The number of aliphatic carboxylic acids is 1. The van der Waals surface area contributed by atoms with Gasteiger partial charge in [0.15, 0.2) is 0 Å². The third-order valence-electron chi connectivity index (χ3n) is 7.34. The first-order valence-electron chi connectivity index (χ1n) is 12.3. The summed E-state index contributed by atoms with van der Waals surface area (Å²) in [6, 6.07) is 18.6. The van der Waals surface area contributed by atoms with Crippen LogP contribution in [0, 0.1) is 20.8 Å². The Labute approximate surface area is 218 Å². The van der Waals surface area contributed by atoms with Crippen molar-refractivity contribution in [2.75, 3.05) is 12.4 Å². The van der Waals surface area contributed by atoms with Gasteiger partial charge in [-0.05, 0) is 91.6 Å². The molecule has 36 heavy (non-hydrogen) atoms. The molecule has 1 amide bonds. The number of halogens is 1. The molecule has 0 heterocycles. The number of aryl methyl sites for hydroxylation is 3. The van der Waals surface area contributed by atoms with E-state index in [1.165, 1.54) is 10.5 Å². The van der Waals surface area contributed by atoms with Crippen molar-refractivity contribution in [2.45, 2.75) is 58.5 Å². The number of hydrogen-bond donors (Lipinski definition) is 2. The predicted octanol–water partition coefficient (Wildman–Crippen LogP) is 7.18. The second-order valence-corrected chi connectivity index (χ2v) is 10.3. The number of carboxylic acids is 1. The molecule has 0 aliphatic heterocycles. The van der Waals surface area contributed by atoms with Crippen LogP contribution in [0.25, 0.3) is 11.1 Å². The smallest absolute Gasteiger partial charge is 0.329 e. The lowest BCUT2D eigenvalue weighted by Crippen LogP contribution is -2.45. The van der Waals surface area contributed by atoms with Gasteiger partial charge in [-0.2, -0.15) is 0 Å². The number of amides is 1. The monoisotopic (exact) mass is 504 g/mol. The van der Waals surface area contributed by atoms with E-state index < -0.39 is 11.5 Å². The van der Waals surface area contributed by atoms with Crippen LogP contribution in [0.5, 0.6) is 0 Å². The second-order valence-electron chi connectivity index (χ2n) is 9.88.